The van der Waals surface area contributed by atoms with E-state index in [9.17, 15) is 15.3 Å². The van der Waals surface area contributed by atoms with E-state index in [1.807, 2.05) is 12.1 Å². The molecule has 2 aromatic rings. The van der Waals surface area contributed by atoms with Gasteiger partial charge in [-0.1, -0.05) is 13.0 Å². The summed E-state index contributed by atoms with van der Waals surface area (Å²) in [7, 11) is 0. The van der Waals surface area contributed by atoms with Crippen LogP contribution in [0.15, 0.2) is 24.3 Å². The Hall–Kier alpha value is -1.72. The van der Waals surface area contributed by atoms with Gasteiger partial charge in [0.05, 0.1) is 0 Å². The molecule has 1 atom stereocenters. The monoisotopic (exact) mass is 390 g/mol. The first kappa shape index (κ1) is 17.1. The molecule has 4 rings (SSSR count). The third-order valence-corrected chi connectivity index (χ3v) is 5.13. The Morgan fingerprint density at radius 3 is 2.67 bits per heavy atom. The fourth-order valence-electron chi connectivity index (χ4n) is 4.19. The number of phenolic OH excluding ortho intramolecular Hbond substituents is 3. The van der Waals surface area contributed by atoms with Crippen LogP contribution in [0.25, 0.3) is 11.1 Å². The largest absolute Gasteiger partial charge is 1.00 e. The molecule has 0 fully saturated rings. The molecule has 0 saturated carbocycles. The number of phenols is 3. The van der Waals surface area contributed by atoms with Crippen LogP contribution < -0.4 is 17.0 Å². The third kappa shape index (κ3) is 2.47. The van der Waals surface area contributed by atoms with Crippen LogP contribution in [0, 0.1) is 0 Å². The lowest BCUT2D eigenvalue weighted by atomic mass is 9.76. The summed E-state index contributed by atoms with van der Waals surface area (Å²) >= 11 is 0. The highest BCUT2D eigenvalue weighted by atomic mass is 79.9. The molecule has 0 saturated heterocycles. The second kappa shape index (κ2) is 6.30. The summed E-state index contributed by atoms with van der Waals surface area (Å²) in [6.45, 7) is 4.23. The van der Waals surface area contributed by atoms with Crippen LogP contribution >= 0.6 is 0 Å². The zero-order valence-electron chi connectivity index (χ0n) is 13.6. The molecule has 3 N–H and O–H groups in total. The van der Waals surface area contributed by atoms with Crippen LogP contribution in [0.5, 0.6) is 17.2 Å². The van der Waals surface area contributed by atoms with Gasteiger partial charge in [-0.2, -0.15) is 0 Å². The van der Waals surface area contributed by atoms with Gasteiger partial charge in [0.15, 0.2) is 11.5 Å². The minimum atomic E-state index is -0.111. The molecule has 0 aromatic heterocycles. The molecule has 0 amide bonds. The molecular formula is C19H21BrNO3-. The first-order valence-electron chi connectivity index (χ1n) is 8.24. The molecule has 4 nitrogen and oxygen atoms in total. The van der Waals surface area contributed by atoms with Gasteiger partial charge in [-0.15, -0.1) is 0 Å². The van der Waals surface area contributed by atoms with E-state index in [1.54, 1.807) is 12.1 Å². The Bertz CT molecular complexity index is 791. The average molecular weight is 391 g/mol. The molecule has 1 aliphatic carbocycles. The predicted octanol–water partition coefficient (Wildman–Crippen LogP) is 0.340. The summed E-state index contributed by atoms with van der Waals surface area (Å²) in [6, 6.07) is 7.29. The minimum Gasteiger partial charge on any atom is -1.00 e. The van der Waals surface area contributed by atoms with Crippen molar-refractivity contribution in [3.05, 3.63) is 41.0 Å². The van der Waals surface area contributed by atoms with Gasteiger partial charge in [-0.3, -0.25) is 4.90 Å². The Labute approximate surface area is 152 Å². The van der Waals surface area contributed by atoms with E-state index in [2.05, 4.69) is 11.8 Å². The van der Waals surface area contributed by atoms with Gasteiger partial charge >= 0.3 is 0 Å². The maximum Gasteiger partial charge on any atom is 0.165 e. The van der Waals surface area contributed by atoms with Crippen molar-refractivity contribution in [2.45, 2.75) is 32.2 Å². The maximum absolute atomic E-state index is 10.4. The fraction of sp³-hybridized carbons (Fsp3) is 0.368. The number of benzene rings is 2. The average Bonchev–Trinajstić information content (AvgIpc) is 2.53. The van der Waals surface area contributed by atoms with Crippen molar-refractivity contribution in [1.29, 1.82) is 0 Å². The van der Waals surface area contributed by atoms with E-state index in [0.717, 1.165) is 49.0 Å². The molecule has 5 heteroatoms. The molecule has 2 aliphatic rings. The lowest BCUT2D eigenvalue weighted by Crippen LogP contribution is -3.00. The van der Waals surface area contributed by atoms with E-state index < -0.39 is 0 Å². The topological polar surface area (TPSA) is 63.9 Å². The van der Waals surface area contributed by atoms with Crippen molar-refractivity contribution < 1.29 is 32.3 Å². The van der Waals surface area contributed by atoms with E-state index in [4.69, 9.17) is 0 Å². The van der Waals surface area contributed by atoms with Gasteiger partial charge < -0.3 is 32.3 Å². The molecule has 0 unspecified atom stereocenters. The summed E-state index contributed by atoms with van der Waals surface area (Å²) in [5, 5.41) is 30.4. The third-order valence-electron chi connectivity index (χ3n) is 5.13. The summed E-state index contributed by atoms with van der Waals surface area (Å²) in [5.74, 6) is 0.0268. The summed E-state index contributed by atoms with van der Waals surface area (Å²) in [4.78, 5) is 2.50. The second-order valence-electron chi connectivity index (χ2n) is 6.54. The molecule has 128 valence electrons. The van der Waals surface area contributed by atoms with Crippen molar-refractivity contribution in [1.82, 2.24) is 4.90 Å². The lowest BCUT2D eigenvalue weighted by Gasteiger charge is -2.41. The lowest BCUT2D eigenvalue weighted by molar-refractivity contribution is -0.00000751. The van der Waals surface area contributed by atoms with Crippen LogP contribution in [0.3, 0.4) is 0 Å². The van der Waals surface area contributed by atoms with E-state index in [1.165, 1.54) is 5.56 Å². The molecule has 24 heavy (non-hydrogen) atoms. The zero-order valence-corrected chi connectivity index (χ0v) is 15.2. The highest BCUT2D eigenvalue weighted by Gasteiger charge is 2.35. The molecular weight excluding hydrogens is 370 g/mol. The van der Waals surface area contributed by atoms with Gasteiger partial charge in [0.2, 0.25) is 0 Å². The van der Waals surface area contributed by atoms with Crippen LogP contribution in [-0.4, -0.2) is 33.3 Å². The first-order valence-corrected chi connectivity index (χ1v) is 8.24. The number of aromatic hydroxyl groups is 3. The van der Waals surface area contributed by atoms with Gasteiger partial charge in [-0.05, 0) is 66.3 Å². The quantitative estimate of drug-likeness (QED) is 0.647. The number of halogens is 1. The molecule has 0 bridgehead atoms. The van der Waals surface area contributed by atoms with Gasteiger partial charge in [0.25, 0.3) is 0 Å². The Kier molecular flexibility index (Phi) is 4.49. The van der Waals surface area contributed by atoms with Crippen molar-refractivity contribution in [3.63, 3.8) is 0 Å². The maximum atomic E-state index is 10.4. The number of nitrogens with zero attached hydrogens (tertiary/aromatic N) is 1. The molecule has 1 aliphatic heterocycles. The van der Waals surface area contributed by atoms with Crippen LogP contribution in [0.2, 0.25) is 0 Å². The highest BCUT2D eigenvalue weighted by Crippen LogP contribution is 2.51. The molecule has 0 spiro atoms. The van der Waals surface area contributed by atoms with Crippen molar-refractivity contribution >= 4 is 0 Å². The Morgan fingerprint density at radius 2 is 1.92 bits per heavy atom. The van der Waals surface area contributed by atoms with Crippen molar-refractivity contribution in [2.75, 3.05) is 13.1 Å². The SMILES string of the molecule is CCCN1CCc2cc(O)cc3c2[C@H]1Cc1ccc(O)c(O)c1-3.[Br-]. The zero-order chi connectivity index (χ0) is 16.1. The van der Waals surface area contributed by atoms with Crippen molar-refractivity contribution in [3.8, 4) is 28.4 Å². The van der Waals surface area contributed by atoms with E-state index in [0.29, 0.717) is 5.56 Å². The van der Waals surface area contributed by atoms with Gasteiger partial charge in [0, 0.05) is 18.2 Å². The molecule has 1 heterocycles. The normalized spacial score (nSPS) is 18.5. The second-order valence-corrected chi connectivity index (χ2v) is 6.54. The summed E-state index contributed by atoms with van der Waals surface area (Å²) in [5.41, 5.74) is 4.92. The fourth-order valence-corrected chi connectivity index (χ4v) is 4.19. The van der Waals surface area contributed by atoms with Crippen LogP contribution in [0.1, 0.15) is 36.1 Å². The van der Waals surface area contributed by atoms with Crippen LogP contribution in [0.4, 0.5) is 0 Å². The standard InChI is InChI=1S/C19H21NO3.BrH/c1-2-6-20-7-5-12-8-13(21)10-14-17(12)15(20)9-11-3-4-16(22)19(23)18(11)14;/h3-4,8,10,15,21-23H,2,5-7,9H2,1H3;1H/p-1/t15-;/m1./s1. The van der Waals surface area contributed by atoms with Gasteiger partial charge in [0.1, 0.15) is 5.75 Å². The molecule has 0 radical (unpaired) electrons. The number of fused-ring (bicyclic) bond motifs is 2. The summed E-state index contributed by atoms with van der Waals surface area (Å²) < 4.78 is 0. The minimum absolute atomic E-state index is 0. The summed E-state index contributed by atoms with van der Waals surface area (Å²) in [6.07, 6.45) is 2.84. The van der Waals surface area contributed by atoms with Crippen molar-refractivity contribution in [2.24, 2.45) is 0 Å². The molecule has 2 aromatic carbocycles. The predicted molar refractivity (Wildman–Crippen MR) is 88.9 cm³/mol. The first-order chi connectivity index (χ1) is 11.1. The number of hydrogen-bond acceptors (Lipinski definition) is 4. The number of rotatable bonds is 2. The highest BCUT2D eigenvalue weighted by molar-refractivity contribution is 5.83. The smallest absolute Gasteiger partial charge is 0.165 e. The van der Waals surface area contributed by atoms with Crippen LogP contribution in [-0.2, 0) is 12.8 Å². The van der Waals surface area contributed by atoms with Gasteiger partial charge in [-0.25, -0.2) is 0 Å². The van der Waals surface area contributed by atoms with E-state index in [-0.39, 0.29) is 40.3 Å². The Morgan fingerprint density at radius 1 is 1.12 bits per heavy atom. The van der Waals surface area contributed by atoms with E-state index >= 15 is 0 Å². The Balaban J connectivity index is 0.00000169. The number of hydrogen-bond donors (Lipinski definition) is 3.